The highest BCUT2D eigenvalue weighted by Crippen LogP contribution is 2.25. The van der Waals surface area contributed by atoms with E-state index >= 15 is 0 Å². The Hall–Kier alpha value is -2.13. The van der Waals surface area contributed by atoms with Crippen molar-refractivity contribution in [1.82, 2.24) is 10.0 Å². The van der Waals surface area contributed by atoms with Crippen molar-refractivity contribution in [2.75, 3.05) is 7.11 Å². The van der Waals surface area contributed by atoms with Crippen molar-refractivity contribution >= 4 is 21.9 Å². The highest BCUT2D eigenvalue weighted by atomic mass is 32.2. The van der Waals surface area contributed by atoms with Gasteiger partial charge in [0.05, 0.1) is 7.11 Å². The molecule has 25 heavy (non-hydrogen) atoms. The lowest BCUT2D eigenvalue weighted by molar-refractivity contribution is -0.140. The molecule has 0 heterocycles. The first-order chi connectivity index (χ1) is 11.5. The number of sulfonamides is 1. The summed E-state index contributed by atoms with van der Waals surface area (Å²) in [7, 11) is -2.57. The van der Waals surface area contributed by atoms with E-state index in [-0.39, 0.29) is 28.2 Å². The van der Waals surface area contributed by atoms with Crippen LogP contribution in [0.4, 0.5) is 0 Å². The van der Waals surface area contributed by atoms with E-state index in [0.717, 1.165) is 6.07 Å². The zero-order valence-corrected chi connectivity index (χ0v) is 15.7. The van der Waals surface area contributed by atoms with Crippen LogP contribution in [0.3, 0.4) is 0 Å². The third-order valence-corrected chi connectivity index (χ3v) is 5.01. The lowest BCUT2D eigenvalue weighted by Gasteiger charge is -2.18. The van der Waals surface area contributed by atoms with Crippen LogP contribution in [0.1, 0.15) is 38.1 Å². The standard InChI is InChI=1S/C16H24N2O6S/c1-9(2)14(16(20)21)17-15(19)11-6-7-12(24-5)13(8-11)25(22,23)18-10(3)4/h6-10,14,18H,1-5H3,(H,17,19)(H,20,21)/t14-/m1/s1. The average molecular weight is 372 g/mol. The van der Waals surface area contributed by atoms with Gasteiger partial charge in [-0.15, -0.1) is 0 Å². The Kier molecular flexibility index (Phi) is 6.95. The van der Waals surface area contributed by atoms with Crippen molar-refractivity contribution in [2.24, 2.45) is 5.92 Å². The van der Waals surface area contributed by atoms with E-state index in [9.17, 15) is 18.0 Å². The Bertz CT molecular complexity index is 743. The van der Waals surface area contributed by atoms with Gasteiger partial charge in [-0.1, -0.05) is 13.8 Å². The first-order valence-electron chi connectivity index (χ1n) is 7.73. The molecule has 0 saturated carbocycles. The van der Waals surface area contributed by atoms with Crippen molar-refractivity contribution in [2.45, 2.75) is 44.7 Å². The van der Waals surface area contributed by atoms with Crippen molar-refractivity contribution < 1.29 is 27.9 Å². The van der Waals surface area contributed by atoms with Crippen LogP contribution >= 0.6 is 0 Å². The van der Waals surface area contributed by atoms with Gasteiger partial charge in [-0.2, -0.15) is 0 Å². The molecule has 0 radical (unpaired) electrons. The van der Waals surface area contributed by atoms with Gasteiger partial charge in [0, 0.05) is 11.6 Å². The van der Waals surface area contributed by atoms with Gasteiger partial charge < -0.3 is 15.2 Å². The van der Waals surface area contributed by atoms with Gasteiger partial charge in [-0.05, 0) is 38.0 Å². The molecule has 3 N–H and O–H groups in total. The Balaban J connectivity index is 3.25. The number of carbonyl (C=O) groups is 2. The molecular weight excluding hydrogens is 348 g/mol. The van der Waals surface area contributed by atoms with E-state index in [2.05, 4.69) is 10.0 Å². The maximum Gasteiger partial charge on any atom is 0.326 e. The van der Waals surface area contributed by atoms with Crippen LogP contribution in [0, 0.1) is 5.92 Å². The van der Waals surface area contributed by atoms with E-state index in [0.29, 0.717) is 0 Å². The predicted molar refractivity (Wildman–Crippen MR) is 92.2 cm³/mol. The van der Waals surface area contributed by atoms with Crippen molar-refractivity contribution in [3.8, 4) is 5.75 Å². The number of carbonyl (C=O) groups excluding carboxylic acids is 1. The topological polar surface area (TPSA) is 122 Å². The van der Waals surface area contributed by atoms with Gasteiger partial charge in [0.25, 0.3) is 5.91 Å². The summed E-state index contributed by atoms with van der Waals surface area (Å²) in [6.07, 6.45) is 0. The Morgan fingerprint density at radius 2 is 1.76 bits per heavy atom. The predicted octanol–water partition coefficient (Wildman–Crippen LogP) is 1.22. The first kappa shape index (κ1) is 20.9. The molecule has 1 aromatic rings. The third-order valence-electron chi connectivity index (χ3n) is 3.33. The molecule has 0 bridgehead atoms. The molecule has 140 valence electrons. The molecule has 1 rings (SSSR count). The summed E-state index contributed by atoms with van der Waals surface area (Å²) in [5, 5.41) is 11.6. The summed E-state index contributed by atoms with van der Waals surface area (Å²) >= 11 is 0. The number of aliphatic carboxylic acids is 1. The van der Waals surface area contributed by atoms with Gasteiger partial charge >= 0.3 is 5.97 Å². The van der Waals surface area contributed by atoms with Crippen LogP contribution in [0.5, 0.6) is 5.75 Å². The molecule has 0 aliphatic rings. The van der Waals surface area contributed by atoms with Gasteiger partial charge in [0.2, 0.25) is 10.0 Å². The van der Waals surface area contributed by atoms with E-state index in [1.165, 1.54) is 19.2 Å². The van der Waals surface area contributed by atoms with E-state index < -0.39 is 27.9 Å². The molecule has 0 aliphatic carbocycles. The lowest BCUT2D eigenvalue weighted by atomic mass is 10.0. The number of methoxy groups -OCH3 is 1. The zero-order chi connectivity index (χ0) is 19.4. The fourth-order valence-electron chi connectivity index (χ4n) is 2.14. The molecule has 1 aromatic carbocycles. The van der Waals surface area contributed by atoms with E-state index in [1.807, 2.05) is 0 Å². The number of carboxylic acids is 1. The number of rotatable bonds is 8. The van der Waals surface area contributed by atoms with Crippen molar-refractivity contribution in [3.05, 3.63) is 23.8 Å². The Morgan fingerprint density at radius 3 is 2.20 bits per heavy atom. The molecule has 0 aromatic heterocycles. The smallest absolute Gasteiger partial charge is 0.326 e. The molecule has 0 fully saturated rings. The summed E-state index contributed by atoms with van der Waals surface area (Å²) in [6, 6.07) is 2.47. The van der Waals surface area contributed by atoms with Gasteiger partial charge in [-0.3, -0.25) is 4.79 Å². The summed E-state index contributed by atoms with van der Waals surface area (Å²) in [5.74, 6) is -2.08. The molecule has 0 saturated heterocycles. The number of ether oxygens (including phenoxy) is 1. The molecule has 0 spiro atoms. The van der Waals surface area contributed by atoms with Crippen LogP contribution in [0.2, 0.25) is 0 Å². The molecular formula is C16H24N2O6S. The monoisotopic (exact) mass is 372 g/mol. The summed E-state index contributed by atoms with van der Waals surface area (Å²) in [5.41, 5.74) is 0.0248. The maximum atomic E-state index is 12.4. The third kappa shape index (κ3) is 5.43. The molecule has 0 aliphatic heterocycles. The maximum absolute atomic E-state index is 12.4. The minimum atomic E-state index is -3.89. The molecule has 9 heteroatoms. The fraction of sp³-hybridized carbons (Fsp3) is 0.500. The minimum Gasteiger partial charge on any atom is -0.495 e. The quantitative estimate of drug-likeness (QED) is 0.631. The number of amides is 1. The number of benzene rings is 1. The van der Waals surface area contributed by atoms with Crippen molar-refractivity contribution in [3.63, 3.8) is 0 Å². The number of nitrogens with one attached hydrogen (secondary N) is 2. The Morgan fingerprint density at radius 1 is 1.16 bits per heavy atom. The molecule has 1 atom stereocenters. The van der Waals surface area contributed by atoms with Crippen molar-refractivity contribution in [1.29, 1.82) is 0 Å². The summed E-state index contributed by atoms with van der Waals surface area (Å²) < 4.78 is 32.3. The highest BCUT2D eigenvalue weighted by Gasteiger charge is 2.26. The second-order valence-electron chi connectivity index (χ2n) is 6.18. The van der Waals surface area contributed by atoms with Crippen LogP contribution in [0.25, 0.3) is 0 Å². The van der Waals surface area contributed by atoms with E-state index in [1.54, 1.807) is 27.7 Å². The Labute approximate surface area is 147 Å². The summed E-state index contributed by atoms with van der Waals surface area (Å²) in [6.45, 7) is 6.66. The zero-order valence-electron chi connectivity index (χ0n) is 14.9. The van der Waals surface area contributed by atoms with Crippen LogP contribution in [-0.4, -0.2) is 44.6 Å². The van der Waals surface area contributed by atoms with Crippen LogP contribution < -0.4 is 14.8 Å². The summed E-state index contributed by atoms with van der Waals surface area (Å²) in [4.78, 5) is 23.4. The second kappa shape index (κ2) is 8.30. The van der Waals surface area contributed by atoms with Crippen LogP contribution in [-0.2, 0) is 14.8 Å². The minimum absolute atomic E-state index is 0.0248. The van der Waals surface area contributed by atoms with Gasteiger partial charge in [-0.25, -0.2) is 17.9 Å². The number of carboxylic acid groups (broad SMARTS) is 1. The normalized spacial score (nSPS) is 12.9. The number of hydrogen-bond donors (Lipinski definition) is 3. The lowest BCUT2D eigenvalue weighted by Crippen LogP contribution is -2.44. The molecule has 0 unspecified atom stereocenters. The SMILES string of the molecule is COc1ccc(C(=O)N[C@@H](C(=O)O)C(C)C)cc1S(=O)(=O)NC(C)C. The van der Waals surface area contributed by atoms with Gasteiger partial charge in [0.1, 0.15) is 16.7 Å². The number of hydrogen-bond acceptors (Lipinski definition) is 5. The van der Waals surface area contributed by atoms with Gasteiger partial charge in [0.15, 0.2) is 0 Å². The first-order valence-corrected chi connectivity index (χ1v) is 9.22. The van der Waals surface area contributed by atoms with E-state index in [4.69, 9.17) is 9.84 Å². The molecule has 8 nitrogen and oxygen atoms in total. The fourth-order valence-corrected chi connectivity index (χ4v) is 3.59. The largest absolute Gasteiger partial charge is 0.495 e. The average Bonchev–Trinajstić information content (AvgIpc) is 2.49. The second-order valence-corrected chi connectivity index (χ2v) is 7.86. The molecule has 1 amide bonds. The van der Waals surface area contributed by atoms with Crippen LogP contribution in [0.15, 0.2) is 23.1 Å². The highest BCUT2D eigenvalue weighted by molar-refractivity contribution is 7.89.